The van der Waals surface area contributed by atoms with E-state index in [1.807, 2.05) is 0 Å². The first-order valence-corrected chi connectivity index (χ1v) is 6.16. The zero-order valence-corrected chi connectivity index (χ0v) is 11.2. The number of H-pyrrole nitrogens is 1. The van der Waals surface area contributed by atoms with Gasteiger partial charge in [-0.25, -0.2) is 13.6 Å². The molecule has 0 fully saturated rings. The molecule has 106 valence electrons. The van der Waals surface area contributed by atoms with Gasteiger partial charge >= 0.3 is 5.69 Å². The molecule has 0 spiro atoms. The van der Waals surface area contributed by atoms with Crippen LogP contribution in [0.2, 0.25) is 5.15 Å². The number of alkyl halides is 2. The third-order valence-electron chi connectivity index (χ3n) is 2.88. The van der Waals surface area contributed by atoms with Crippen molar-refractivity contribution in [3.8, 4) is 11.1 Å². The van der Waals surface area contributed by atoms with Crippen LogP contribution in [0.3, 0.4) is 0 Å². The Balaban J connectivity index is 2.75. The standard InChI is InChI=1S/C13H11ClF2N2O2/c1-7-4-2-3-5-8(7)10-11(14)17-13(20)18(12(10)19)6-9(15)16/h2-5,9H,6H2,1H3,(H,17,20). The molecule has 0 bridgehead atoms. The molecule has 0 aliphatic rings. The van der Waals surface area contributed by atoms with Gasteiger partial charge < -0.3 is 0 Å². The predicted octanol–water partition coefficient (Wildman–Crippen LogP) is 2.43. The molecular formula is C13H11ClF2N2O2. The van der Waals surface area contributed by atoms with E-state index in [2.05, 4.69) is 4.98 Å². The quantitative estimate of drug-likeness (QED) is 0.885. The second-order valence-corrected chi connectivity index (χ2v) is 4.62. The van der Waals surface area contributed by atoms with Gasteiger partial charge in [-0.1, -0.05) is 35.9 Å². The average molecular weight is 301 g/mol. The maximum absolute atomic E-state index is 12.4. The highest BCUT2D eigenvalue weighted by molar-refractivity contribution is 6.32. The third-order valence-corrected chi connectivity index (χ3v) is 3.16. The molecule has 0 amide bonds. The van der Waals surface area contributed by atoms with Gasteiger partial charge in [-0.15, -0.1) is 0 Å². The van der Waals surface area contributed by atoms with Crippen LogP contribution >= 0.6 is 11.6 Å². The van der Waals surface area contributed by atoms with Crippen LogP contribution < -0.4 is 11.2 Å². The fourth-order valence-corrected chi connectivity index (χ4v) is 2.20. The Morgan fingerprint density at radius 1 is 1.30 bits per heavy atom. The first kappa shape index (κ1) is 14.5. The molecule has 1 aromatic carbocycles. The smallest absolute Gasteiger partial charge is 0.297 e. The second-order valence-electron chi connectivity index (χ2n) is 4.24. The lowest BCUT2D eigenvalue weighted by Crippen LogP contribution is -2.38. The Kier molecular flexibility index (Phi) is 4.04. The van der Waals surface area contributed by atoms with E-state index in [0.717, 1.165) is 5.56 Å². The van der Waals surface area contributed by atoms with Crippen molar-refractivity contribution in [1.29, 1.82) is 0 Å². The molecule has 1 heterocycles. The number of hydrogen-bond donors (Lipinski definition) is 1. The van der Waals surface area contributed by atoms with Crippen LogP contribution in [0.15, 0.2) is 33.9 Å². The van der Waals surface area contributed by atoms with Crippen molar-refractivity contribution in [3.05, 3.63) is 55.8 Å². The number of halogens is 3. The van der Waals surface area contributed by atoms with Gasteiger partial charge in [0.15, 0.2) is 0 Å². The lowest BCUT2D eigenvalue weighted by atomic mass is 10.0. The monoisotopic (exact) mass is 300 g/mol. The summed E-state index contributed by atoms with van der Waals surface area (Å²) < 4.78 is 25.4. The summed E-state index contributed by atoms with van der Waals surface area (Å²) in [5.74, 6) is 0. The number of hydrogen-bond acceptors (Lipinski definition) is 2. The number of nitrogens with one attached hydrogen (secondary N) is 1. The largest absolute Gasteiger partial charge is 0.329 e. The number of nitrogens with zero attached hydrogens (tertiary/aromatic N) is 1. The molecule has 0 saturated carbocycles. The van der Waals surface area contributed by atoms with Crippen molar-refractivity contribution in [2.75, 3.05) is 0 Å². The Hall–Kier alpha value is -1.95. The van der Waals surface area contributed by atoms with E-state index in [-0.39, 0.29) is 10.7 Å². The summed E-state index contributed by atoms with van der Waals surface area (Å²) in [4.78, 5) is 26.0. The summed E-state index contributed by atoms with van der Waals surface area (Å²) in [6, 6.07) is 6.87. The molecule has 7 heteroatoms. The fourth-order valence-electron chi connectivity index (χ4n) is 1.94. The first-order valence-electron chi connectivity index (χ1n) is 5.78. The molecule has 2 aromatic rings. The Bertz CT molecular complexity index is 753. The molecule has 4 nitrogen and oxygen atoms in total. The van der Waals surface area contributed by atoms with Crippen LogP contribution in [0.1, 0.15) is 5.56 Å². The topological polar surface area (TPSA) is 54.9 Å². The van der Waals surface area contributed by atoms with E-state index < -0.39 is 24.2 Å². The van der Waals surface area contributed by atoms with Crippen molar-refractivity contribution < 1.29 is 8.78 Å². The van der Waals surface area contributed by atoms with Gasteiger partial charge in [-0.3, -0.25) is 14.3 Å². The fraction of sp³-hybridized carbons (Fsp3) is 0.231. The van der Waals surface area contributed by atoms with Gasteiger partial charge in [-0.2, -0.15) is 0 Å². The number of aryl methyl sites for hydroxylation is 1. The van der Waals surface area contributed by atoms with Gasteiger partial charge in [0.2, 0.25) is 0 Å². The molecule has 0 saturated heterocycles. The zero-order chi connectivity index (χ0) is 14.9. The van der Waals surface area contributed by atoms with Crippen molar-refractivity contribution in [1.82, 2.24) is 9.55 Å². The highest BCUT2D eigenvalue weighted by atomic mass is 35.5. The van der Waals surface area contributed by atoms with Gasteiger partial charge in [0.25, 0.3) is 12.0 Å². The molecule has 0 radical (unpaired) electrons. The Morgan fingerprint density at radius 3 is 2.55 bits per heavy atom. The average Bonchev–Trinajstić information content (AvgIpc) is 2.36. The summed E-state index contributed by atoms with van der Waals surface area (Å²) in [5.41, 5.74) is -0.500. The SMILES string of the molecule is Cc1ccccc1-c1c(Cl)[nH]c(=O)n(CC(F)F)c1=O. The summed E-state index contributed by atoms with van der Waals surface area (Å²) in [7, 11) is 0. The predicted molar refractivity (Wildman–Crippen MR) is 72.5 cm³/mol. The summed E-state index contributed by atoms with van der Waals surface area (Å²) in [6.07, 6.45) is -2.81. The second kappa shape index (κ2) is 5.58. The highest BCUT2D eigenvalue weighted by Gasteiger charge is 2.18. The zero-order valence-electron chi connectivity index (χ0n) is 10.5. The van der Waals surface area contributed by atoms with E-state index in [0.29, 0.717) is 10.1 Å². The molecule has 2 rings (SSSR count). The van der Waals surface area contributed by atoms with Crippen LogP contribution in [0.25, 0.3) is 11.1 Å². The normalized spacial score (nSPS) is 11.1. The van der Waals surface area contributed by atoms with Gasteiger partial charge in [0.1, 0.15) is 5.15 Å². The number of aromatic nitrogens is 2. The van der Waals surface area contributed by atoms with Crippen LogP contribution in [-0.4, -0.2) is 16.0 Å². The minimum atomic E-state index is -2.81. The molecule has 1 N–H and O–H groups in total. The van der Waals surface area contributed by atoms with Gasteiger partial charge in [0.05, 0.1) is 12.1 Å². The summed E-state index contributed by atoms with van der Waals surface area (Å²) in [5, 5.41) is -0.153. The number of aromatic amines is 1. The molecule has 0 aliphatic carbocycles. The molecule has 0 unspecified atom stereocenters. The van der Waals surface area contributed by atoms with Crippen molar-refractivity contribution >= 4 is 11.6 Å². The van der Waals surface area contributed by atoms with Crippen molar-refractivity contribution in [2.45, 2.75) is 19.9 Å². The van der Waals surface area contributed by atoms with E-state index >= 15 is 0 Å². The van der Waals surface area contributed by atoms with Gasteiger partial charge in [-0.05, 0) is 18.1 Å². The van der Waals surface area contributed by atoms with Gasteiger partial charge in [0, 0.05) is 0 Å². The maximum atomic E-state index is 12.4. The Labute approximate surface area is 117 Å². The van der Waals surface area contributed by atoms with Crippen LogP contribution in [0.4, 0.5) is 8.78 Å². The van der Waals surface area contributed by atoms with Crippen LogP contribution in [0.5, 0.6) is 0 Å². The number of rotatable bonds is 3. The molecular weight excluding hydrogens is 290 g/mol. The van der Waals surface area contributed by atoms with E-state index in [4.69, 9.17) is 11.6 Å². The first-order chi connectivity index (χ1) is 9.41. The summed E-state index contributed by atoms with van der Waals surface area (Å²) in [6.45, 7) is 0.790. The third kappa shape index (κ3) is 2.65. The number of benzene rings is 1. The van der Waals surface area contributed by atoms with E-state index in [1.54, 1.807) is 31.2 Å². The van der Waals surface area contributed by atoms with E-state index in [9.17, 15) is 18.4 Å². The van der Waals surface area contributed by atoms with E-state index in [1.165, 1.54) is 0 Å². The molecule has 20 heavy (non-hydrogen) atoms. The summed E-state index contributed by atoms with van der Waals surface area (Å²) >= 11 is 5.89. The minimum Gasteiger partial charge on any atom is -0.297 e. The van der Waals surface area contributed by atoms with Crippen LogP contribution in [0, 0.1) is 6.92 Å². The van der Waals surface area contributed by atoms with Crippen molar-refractivity contribution in [3.63, 3.8) is 0 Å². The lowest BCUT2D eigenvalue weighted by molar-refractivity contribution is 0.123. The van der Waals surface area contributed by atoms with Crippen molar-refractivity contribution in [2.24, 2.45) is 0 Å². The van der Waals surface area contributed by atoms with Crippen LogP contribution in [-0.2, 0) is 6.54 Å². The maximum Gasteiger partial charge on any atom is 0.329 e. The minimum absolute atomic E-state index is 0.0185. The molecule has 0 aliphatic heterocycles. The Morgan fingerprint density at radius 2 is 1.95 bits per heavy atom. The highest BCUT2D eigenvalue weighted by Crippen LogP contribution is 2.24. The lowest BCUT2D eigenvalue weighted by Gasteiger charge is -2.10. The molecule has 0 atom stereocenters. The molecule has 1 aromatic heterocycles.